The quantitative estimate of drug-likeness (QED) is 0.502. The van der Waals surface area contributed by atoms with Crippen LogP contribution in [0.1, 0.15) is 38.7 Å². The lowest BCUT2D eigenvalue weighted by atomic mass is 10.3. The first-order chi connectivity index (χ1) is 10.7. The first-order valence-corrected chi connectivity index (χ1v) is 10.1. The molecule has 2 atom stereocenters. The number of hydrogen-bond donors (Lipinski definition) is 3. The summed E-state index contributed by atoms with van der Waals surface area (Å²) in [4.78, 5) is 5.16. The van der Waals surface area contributed by atoms with Gasteiger partial charge >= 0.3 is 0 Å². The van der Waals surface area contributed by atoms with Crippen molar-refractivity contribution in [3.05, 3.63) is 21.3 Å². The second-order valence-corrected chi connectivity index (χ2v) is 10.0. The van der Waals surface area contributed by atoms with Crippen LogP contribution in [0.4, 0.5) is 0 Å². The van der Waals surface area contributed by atoms with Gasteiger partial charge in [-0.15, -0.1) is 11.3 Å². The molecule has 0 fully saturated rings. The van der Waals surface area contributed by atoms with Crippen molar-refractivity contribution in [2.45, 2.75) is 38.5 Å². The highest BCUT2D eigenvalue weighted by molar-refractivity contribution is 7.86. The molecule has 0 aliphatic heterocycles. The molecule has 23 heavy (non-hydrogen) atoms. The molecule has 0 aliphatic carbocycles. The third-order valence-electron chi connectivity index (χ3n) is 2.95. The maximum Gasteiger partial charge on any atom is 0.191 e. The molecule has 0 aliphatic rings. The second kappa shape index (κ2) is 9.61. The molecule has 0 radical (unpaired) electrons. The summed E-state index contributed by atoms with van der Waals surface area (Å²) >= 11 is 7.22. The Kier molecular flexibility index (Phi) is 8.53. The Labute approximate surface area is 150 Å². The summed E-state index contributed by atoms with van der Waals surface area (Å²) in [6.07, 6.45) is -0.674. The molecule has 1 heterocycles. The van der Waals surface area contributed by atoms with Gasteiger partial charge in [-0.3, -0.25) is 9.20 Å². The van der Waals surface area contributed by atoms with Crippen LogP contribution < -0.4 is 10.6 Å². The molecule has 0 saturated heterocycles. The van der Waals surface area contributed by atoms with E-state index < -0.39 is 16.9 Å². The van der Waals surface area contributed by atoms with Gasteiger partial charge in [-0.2, -0.15) is 0 Å². The van der Waals surface area contributed by atoms with Crippen LogP contribution >= 0.6 is 22.9 Å². The standard InChI is InChI=1S/C15H26ClN3O2S2/c1-5-17-14(18-8-9-23(21)15(2,3)4)19-10-11(20)12-6-7-13(16)22-12/h6-7,11,20H,5,8-10H2,1-4H3,(H2,17,18,19). The van der Waals surface area contributed by atoms with E-state index in [-0.39, 0.29) is 11.3 Å². The number of aliphatic imine (C=N–C) groups is 1. The molecule has 5 nitrogen and oxygen atoms in total. The van der Waals surface area contributed by atoms with Gasteiger partial charge in [0.15, 0.2) is 5.96 Å². The van der Waals surface area contributed by atoms with Crippen molar-refractivity contribution < 1.29 is 9.32 Å². The number of hydrogen-bond acceptors (Lipinski definition) is 4. The first kappa shape index (κ1) is 20.4. The molecule has 0 amide bonds. The summed E-state index contributed by atoms with van der Waals surface area (Å²) in [6, 6.07) is 3.57. The number of rotatable bonds is 7. The largest absolute Gasteiger partial charge is 0.386 e. The predicted octanol–water partition coefficient (Wildman–Crippen LogP) is 2.54. The highest BCUT2D eigenvalue weighted by Gasteiger charge is 2.18. The van der Waals surface area contributed by atoms with Gasteiger partial charge in [0.2, 0.25) is 0 Å². The minimum absolute atomic E-state index is 0.216. The van der Waals surface area contributed by atoms with E-state index in [1.54, 1.807) is 12.1 Å². The second-order valence-electron chi connectivity index (χ2n) is 5.97. The molecule has 1 aromatic rings. The summed E-state index contributed by atoms with van der Waals surface area (Å²) in [7, 11) is -0.905. The summed E-state index contributed by atoms with van der Waals surface area (Å²) in [6.45, 7) is 9.39. The molecule has 2 unspecified atom stereocenters. The average molecular weight is 380 g/mol. The van der Waals surface area contributed by atoms with Crippen LogP contribution in [0.3, 0.4) is 0 Å². The van der Waals surface area contributed by atoms with E-state index in [2.05, 4.69) is 15.6 Å². The molecule has 0 spiro atoms. The minimum Gasteiger partial charge on any atom is -0.386 e. The van der Waals surface area contributed by atoms with Crippen LogP contribution in [0, 0.1) is 0 Å². The number of aliphatic hydroxyl groups excluding tert-OH is 1. The van der Waals surface area contributed by atoms with Crippen molar-refractivity contribution in [3.63, 3.8) is 0 Å². The zero-order valence-electron chi connectivity index (χ0n) is 14.1. The molecule has 8 heteroatoms. The molecular weight excluding hydrogens is 354 g/mol. The van der Waals surface area contributed by atoms with E-state index in [1.165, 1.54) is 11.3 Å². The van der Waals surface area contributed by atoms with Gasteiger partial charge in [0.05, 0.1) is 10.9 Å². The smallest absolute Gasteiger partial charge is 0.191 e. The van der Waals surface area contributed by atoms with Crippen LogP contribution in [-0.2, 0) is 10.8 Å². The van der Waals surface area contributed by atoms with Crippen LogP contribution in [0.2, 0.25) is 4.34 Å². The lowest BCUT2D eigenvalue weighted by Gasteiger charge is -2.18. The zero-order chi connectivity index (χ0) is 17.5. The van der Waals surface area contributed by atoms with E-state index in [0.29, 0.717) is 22.6 Å². The van der Waals surface area contributed by atoms with Gasteiger partial charge in [0.1, 0.15) is 6.10 Å². The number of guanidine groups is 1. The molecule has 0 bridgehead atoms. The lowest BCUT2D eigenvalue weighted by molar-refractivity contribution is 0.191. The van der Waals surface area contributed by atoms with Gasteiger partial charge in [-0.05, 0) is 39.8 Å². The molecule has 0 saturated carbocycles. The SMILES string of the molecule is CCNC(=NCC(O)c1ccc(Cl)s1)NCCS(=O)C(C)(C)C. The highest BCUT2D eigenvalue weighted by atomic mass is 35.5. The topological polar surface area (TPSA) is 73.7 Å². The van der Waals surface area contributed by atoms with E-state index >= 15 is 0 Å². The fourth-order valence-corrected chi connectivity index (χ4v) is 3.62. The zero-order valence-corrected chi connectivity index (χ0v) is 16.4. The van der Waals surface area contributed by atoms with Gasteiger partial charge in [-0.25, -0.2) is 0 Å². The summed E-state index contributed by atoms with van der Waals surface area (Å²) in [5.41, 5.74) is 0. The van der Waals surface area contributed by atoms with Crippen molar-refractivity contribution in [1.29, 1.82) is 0 Å². The van der Waals surface area contributed by atoms with Gasteiger partial charge in [0.25, 0.3) is 0 Å². The Morgan fingerprint density at radius 1 is 1.43 bits per heavy atom. The highest BCUT2D eigenvalue weighted by Crippen LogP contribution is 2.26. The van der Waals surface area contributed by atoms with Crippen molar-refractivity contribution in [2.24, 2.45) is 4.99 Å². The Morgan fingerprint density at radius 3 is 2.65 bits per heavy atom. The van der Waals surface area contributed by atoms with Crippen LogP contribution in [-0.4, -0.2) is 45.4 Å². The summed E-state index contributed by atoms with van der Waals surface area (Å²) in [5.74, 6) is 1.16. The Bertz CT molecular complexity index is 541. The molecule has 3 N–H and O–H groups in total. The van der Waals surface area contributed by atoms with Crippen LogP contribution in [0.15, 0.2) is 17.1 Å². The van der Waals surface area contributed by atoms with E-state index in [1.807, 2.05) is 27.7 Å². The summed E-state index contributed by atoms with van der Waals surface area (Å²) in [5, 5.41) is 16.4. The number of nitrogens with one attached hydrogen (secondary N) is 2. The Balaban J connectivity index is 2.51. The third kappa shape index (κ3) is 7.65. The monoisotopic (exact) mass is 379 g/mol. The minimum atomic E-state index is -0.905. The van der Waals surface area contributed by atoms with Gasteiger partial charge < -0.3 is 15.7 Å². The fourth-order valence-electron chi connectivity index (χ4n) is 1.69. The summed E-state index contributed by atoms with van der Waals surface area (Å²) < 4.78 is 12.5. The number of thiophene rings is 1. The van der Waals surface area contributed by atoms with E-state index in [9.17, 15) is 9.32 Å². The Hall–Kier alpha value is -0.630. The van der Waals surface area contributed by atoms with Crippen LogP contribution in [0.25, 0.3) is 0 Å². The molecular formula is C15H26ClN3O2S2. The number of halogens is 1. The number of nitrogens with zero attached hydrogens (tertiary/aromatic N) is 1. The average Bonchev–Trinajstić information content (AvgIpc) is 2.90. The Morgan fingerprint density at radius 2 is 2.13 bits per heavy atom. The van der Waals surface area contributed by atoms with E-state index in [0.717, 1.165) is 11.4 Å². The van der Waals surface area contributed by atoms with Crippen molar-refractivity contribution >= 4 is 39.7 Å². The van der Waals surface area contributed by atoms with E-state index in [4.69, 9.17) is 11.6 Å². The lowest BCUT2D eigenvalue weighted by Crippen LogP contribution is -2.40. The van der Waals surface area contributed by atoms with Crippen molar-refractivity contribution in [1.82, 2.24) is 10.6 Å². The van der Waals surface area contributed by atoms with Crippen molar-refractivity contribution in [3.8, 4) is 0 Å². The molecule has 1 rings (SSSR count). The van der Waals surface area contributed by atoms with Gasteiger partial charge in [-0.1, -0.05) is 11.6 Å². The van der Waals surface area contributed by atoms with Crippen LogP contribution in [0.5, 0.6) is 0 Å². The molecule has 0 aromatic carbocycles. The predicted molar refractivity (Wildman–Crippen MR) is 101 cm³/mol. The molecule has 1 aromatic heterocycles. The molecule has 132 valence electrons. The third-order valence-corrected chi connectivity index (χ3v) is 6.23. The van der Waals surface area contributed by atoms with Gasteiger partial charge in [0, 0.05) is 39.3 Å². The van der Waals surface area contributed by atoms with Crippen molar-refractivity contribution in [2.75, 3.05) is 25.4 Å². The fraction of sp³-hybridized carbons (Fsp3) is 0.667. The normalized spacial score (nSPS) is 15.3. The maximum atomic E-state index is 12.0. The first-order valence-electron chi connectivity index (χ1n) is 7.58. The number of aliphatic hydroxyl groups is 1. The maximum absolute atomic E-state index is 12.0.